The van der Waals surface area contributed by atoms with Crippen molar-refractivity contribution in [2.45, 2.75) is 25.6 Å². The second kappa shape index (κ2) is 3.85. The smallest absolute Gasteiger partial charge is 0.287 e. The first-order chi connectivity index (χ1) is 6.64. The first-order valence-electron chi connectivity index (χ1n) is 4.12. The molecule has 4 heteroatoms. The Bertz CT molecular complexity index is 359. The van der Waals surface area contributed by atoms with E-state index < -0.39 is 11.7 Å². The van der Waals surface area contributed by atoms with Gasteiger partial charge in [0.05, 0.1) is 0 Å². The van der Waals surface area contributed by atoms with Crippen LogP contribution >= 0.6 is 0 Å². The lowest BCUT2D eigenvalue weighted by atomic mass is 9.88. The molecule has 2 unspecified atom stereocenters. The van der Waals surface area contributed by atoms with Crippen molar-refractivity contribution in [1.29, 1.82) is 10.5 Å². The van der Waals surface area contributed by atoms with Gasteiger partial charge in [0, 0.05) is 0 Å². The van der Waals surface area contributed by atoms with E-state index in [1.165, 1.54) is 0 Å². The van der Waals surface area contributed by atoms with Crippen LogP contribution in [0.2, 0.25) is 0 Å². The summed E-state index contributed by atoms with van der Waals surface area (Å²) in [7, 11) is 0. The Morgan fingerprint density at radius 3 is 2.71 bits per heavy atom. The van der Waals surface area contributed by atoms with Gasteiger partial charge in [0.15, 0.2) is 11.7 Å². The number of hydrogen-bond acceptors (Lipinski definition) is 4. The van der Waals surface area contributed by atoms with Gasteiger partial charge in [0.2, 0.25) is 0 Å². The molecule has 0 aromatic heterocycles. The summed E-state index contributed by atoms with van der Waals surface area (Å²) in [6, 6.07) is 0. The van der Waals surface area contributed by atoms with E-state index >= 15 is 0 Å². The summed E-state index contributed by atoms with van der Waals surface area (Å²) >= 11 is 0. The normalized spacial score (nSPS) is 29.7. The molecule has 0 aromatic rings. The number of ether oxygens (including phenoxy) is 2. The molecule has 0 fully saturated rings. The minimum Gasteiger partial charge on any atom is -0.415 e. The fourth-order valence-corrected chi connectivity index (χ4v) is 1.47. The SMILES string of the molecule is CC1=CC=CC(C)(OC#N)C1OC#N. The van der Waals surface area contributed by atoms with Crippen molar-refractivity contribution >= 4 is 0 Å². The van der Waals surface area contributed by atoms with Gasteiger partial charge in [-0.05, 0) is 25.5 Å². The Labute approximate surface area is 82.7 Å². The molecule has 1 rings (SSSR count). The standard InChI is InChI=1S/C10H10N2O2/c1-8-4-3-5-10(2,14-7-12)9(8)13-6-11/h3-5,9H,1-2H3. The van der Waals surface area contributed by atoms with E-state index in [1.807, 2.05) is 13.0 Å². The predicted octanol–water partition coefficient (Wildman–Crippen LogP) is 1.63. The van der Waals surface area contributed by atoms with Crippen LogP contribution < -0.4 is 0 Å². The van der Waals surface area contributed by atoms with Crippen LogP contribution in [0.1, 0.15) is 13.8 Å². The Morgan fingerprint density at radius 1 is 1.43 bits per heavy atom. The van der Waals surface area contributed by atoms with Crippen molar-refractivity contribution < 1.29 is 9.47 Å². The summed E-state index contributed by atoms with van der Waals surface area (Å²) in [5.74, 6) is 0. The van der Waals surface area contributed by atoms with Gasteiger partial charge in [-0.15, -0.1) is 0 Å². The highest BCUT2D eigenvalue weighted by atomic mass is 16.5. The molecule has 0 N–H and O–H groups in total. The highest BCUT2D eigenvalue weighted by molar-refractivity contribution is 5.29. The van der Waals surface area contributed by atoms with E-state index in [9.17, 15) is 0 Å². The average molecular weight is 190 g/mol. The molecular formula is C10H10N2O2. The third kappa shape index (κ3) is 1.70. The van der Waals surface area contributed by atoms with E-state index in [0.29, 0.717) is 0 Å². The molecule has 0 heterocycles. The topological polar surface area (TPSA) is 66.0 Å². The molecule has 1 aliphatic carbocycles. The fraction of sp³-hybridized carbons (Fsp3) is 0.400. The number of nitrogens with zero attached hydrogens (tertiary/aromatic N) is 2. The van der Waals surface area contributed by atoms with Crippen LogP contribution in [0.4, 0.5) is 0 Å². The van der Waals surface area contributed by atoms with E-state index in [2.05, 4.69) is 0 Å². The van der Waals surface area contributed by atoms with Crippen LogP contribution in [-0.4, -0.2) is 11.7 Å². The van der Waals surface area contributed by atoms with Crippen LogP contribution in [0.3, 0.4) is 0 Å². The predicted molar refractivity (Wildman–Crippen MR) is 48.5 cm³/mol. The van der Waals surface area contributed by atoms with Gasteiger partial charge >= 0.3 is 0 Å². The van der Waals surface area contributed by atoms with Crippen molar-refractivity contribution in [2.75, 3.05) is 0 Å². The fourth-order valence-electron chi connectivity index (χ4n) is 1.47. The minimum atomic E-state index is -0.886. The molecule has 0 radical (unpaired) electrons. The molecule has 4 nitrogen and oxygen atoms in total. The molecule has 0 saturated carbocycles. The second-order valence-electron chi connectivity index (χ2n) is 3.24. The van der Waals surface area contributed by atoms with Gasteiger partial charge in [-0.25, -0.2) is 0 Å². The number of allylic oxidation sites excluding steroid dienone is 2. The van der Waals surface area contributed by atoms with Crippen LogP contribution in [-0.2, 0) is 9.47 Å². The van der Waals surface area contributed by atoms with E-state index in [1.54, 1.807) is 31.6 Å². The van der Waals surface area contributed by atoms with Crippen LogP contribution in [0.25, 0.3) is 0 Å². The van der Waals surface area contributed by atoms with Crippen molar-refractivity contribution in [3.8, 4) is 12.5 Å². The molecule has 0 amide bonds. The number of hydrogen-bond donors (Lipinski definition) is 0. The van der Waals surface area contributed by atoms with Crippen LogP contribution in [0.15, 0.2) is 23.8 Å². The molecule has 14 heavy (non-hydrogen) atoms. The molecule has 1 aliphatic rings. The third-order valence-corrected chi connectivity index (χ3v) is 2.16. The Kier molecular flexibility index (Phi) is 2.79. The molecule has 0 aliphatic heterocycles. The first-order valence-corrected chi connectivity index (χ1v) is 4.12. The van der Waals surface area contributed by atoms with Crippen LogP contribution in [0.5, 0.6) is 0 Å². The molecule has 72 valence electrons. The van der Waals surface area contributed by atoms with Crippen molar-refractivity contribution in [2.24, 2.45) is 0 Å². The largest absolute Gasteiger partial charge is 0.415 e. The zero-order chi connectivity index (χ0) is 10.6. The van der Waals surface area contributed by atoms with E-state index in [0.717, 1.165) is 5.57 Å². The number of nitriles is 2. The Morgan fingerprint density at radius 2 is 2.14 bits per heavy atom. The quantitative estimate of drug-likeness (QED) is 0.620. The first kappa shape index (κ1) is 10.1. The molecule has 2 atom stereocenters. The van der Waals surface area contributed by atoms with E-state index in [-0.39, 0.29) is 0 Å². The maximum absolute atomic E-state index is 8.49. The minimum absolute atomic E-state index is 0.530. The molecule has 0 saturated heterocycles. The van der Waals surface area contributed by atoms with E-state index in [4.69, 9.17) is 20.0 Å². The van der Waals surface area contributed by atoms with Gasteiger partial charge in [0.1, 0.15) is 0 Å². The Balaban J connectivity index is 2.96. The summed E-state index contributed by atoms with van der Waals surface area (Å²) in [6.07, 6.45) is 8.01. The van der Waals surface area contributed by atoms with Crippen molar-refractivity contribution in [1.82, 2.24) is 0 Å². The highest BCUT2D eigenvalue weighted by Gasteiger charge is 2.39. The van der Waals surface area contributed by atoms with Gasteiger partial charge in [0.25, 0.3) is 12.5 Å². The lowest BCUT2D eigenvalue weighted by molar-refractivity contribution is -0.0114. The van der Waals surface area contributed by atoms with Crippen molar-refractivity contribution in [3.05, 3.63) is 23.8 Å². The summed E-state index contributed by atoms with van der Waals surface area (Å²) in [5.41, 5.74) is -0.0321. The monoisotopic (exact) mass is 190 g/mol. The summed E-state index contributed by atoms with van der Waals surface area (Å²) in [5, 5.41) is 17.0. The number of rotatable bonds is 2. The molecule has 0 spiro atoms. The molecule has 0 aromatic carbocycles. The summed E-state index contributed by atoms with van der Waals surface area (Å²) in [6.45, 7) is 3.52. The van der Waals surface area contributed by atoms with Crippen molar-refractivity contribution in [3.63, 3.8) is 0 Å². The average Bonchev–Trinajstić information content (AvgIpc) is 2.12. The maximum Gasteiger partial charge on any atom is 0.287 e. The highest BCUT2D eigenvalue weighted by Crippen LogP contribution is 2.29. The lowest BCUT2D eigenvalue weighted by Crippen LogP contribution is -2.42. The van der Waals surface area contributed by atoms with Gasteiger partial charge in [-0.1, -0.05) is 12.2 Å². The van der Waals surface area contributed by atoms with Gasteiger partial charge in [-0.2, -0.15) is 10.5 Å². The molecular weight excluding hydrogens is 180 g/mol. The molecule has 0 bridgehead atoms. The third-order valence-electron chi connectivity index (χ3n) is 2.16. The summed E-state index contributed by atoms with van der Waals surface area (Å²) in [4.78, 5) is 0. The van der Waals surface area contributed by atoms with Crippen LogP contribution in [0, 0.1) is 23.0 Å². The lowest BCUT2D eigenvalue weighted by Gasteiger charge is -2.32. The second-order valence-corrected chi connectivity index (χ2v) is 3.24. The maximum atomic E-state index is 8.49. The zero-order valence-corrected chi connectivity index (χ0v) is 8.02. The zero-order valence-electron chi connectivity index (χ0n) is 8.02. The Hall–Kier alpha value is -1.94. The summed E-state index contributed by atoms with van der Waals surface area (Å²) < 4.78 is 9.78. The van der Waals surface area contributed by atoms with Gasteiger partial charge < -0.3 is 9.47 Å². The van der Waals surface area contributed by atoms with Gasteiger partial charge in [-0.3, -0.25) is 0 Å².